The van der Waals surface area contributed by atoms with E-state index >= 15 is 0 Å². The molecule has 0 fully saturated rings. The van der Waals surface area contributed by atoms with Gasteiger partial charge in [0.2, 0.25) is 0 Å². The maximum absolute atomic E-state index is 12.3. The number of carbonyl (C=O) groups excluding carboxylic acids is 1. The number of imidazole rings is 1. The normalized spacial score (nSPS) is 16.5. The first kappa shape index (κ1) is 18.6. The molecule has 1 unspecified atom stereocenters. The Hall–Kier alpha value is -2.80. The molecule has 1 aliphatic rings. The Bertz CT molecular complexity index is 945. The number of fused-ring (bicyclic) bond motifs is 1. The van der Waals surface area contributed by atoms with Crippen LogP contribution in [0.25, 0.3) is 0 Å². The summed E-state index contributed by atoms with van der Waals surface area (Å²) in [5.74, 6) is 0. The number of aromatic amines is 1. The van der Waals surface area contributed by atoms with E-state index in [0.717, 1.165) is 27.8 Å². The van der Waals surface area contributed by atoms with Gasteiger partial charge < -0.3 is 20.5 Å². The fourth-order valence-corrected chi connectivity index (χ4v) is 4.21. The Morgan fingerprint density at radius 3 is 2.79 bits per heavy atom. The number of hydrogen-bond acceptors (Lipinski definition) is 3. The fourth-order valence-electron chi connectivity index (χ4n) is 3.80. The lowest BCUT2D eigenvalue weighted by atomic mass is 10.0. The monoisotopic (exact) mass is 439 g/mol. The molecule has 7 heteroatoms. The van der Waals surface area contributed by atoms with E-state index in [4.69, 9.17) is 5.73 Å². The van der Waals surface area contributed by atoms with Gasteiger partial charge in [0, 0.05) is 29.4 Å². The van der Waals surface area contributed by atoms with Crippen LogP contribution in [-0.4, -0.2) is 33.5 Å². The molecule has 28 heavy (non-hydrogen) atoms. The summed E-state index contributed by atoms with van der Waals surface area (Å²) in [4.78, 5) is 23.7. The van der Waals surface area contributed by atoms with E-state index in [-0.39, 0.29) is 6.04 Å². The van der Waals surface area contributed by atoms with Crippen LogP contribution in [0.3, 0.4) is 0 Å². The molecule has 3 aromatic rings. The van der Waals surface area contributed by atoms with Gasteiger partial charge in [0.1, 0.15) is 0 Å². The number of hydrogen-bond donors (Lipinski definition) is 2. The highest BCUT2D eigenvalue weighted by Gasteiger charge is 2.30. The maximum atomic E-state index is 12.3. The van der Waals surface area contributed by atoms with Crippen LogP contribution in [-0.2, 0) is 19.5 Å². The quantitative estimate of drug-likeness (QED) is 0.650. The predicted octanol–water partition coefficient (Wildman–Crippen LogP) is 3.68. The van der Waals surface area contributed by atoms with Crippen LogP contribution >= 0.6 is 15.9 Å². The molecule has 4 rings (SSSR count). The summed E-state index contributed by atoms with van der Waals surface area (Å²) >= 11 is 3.55. The first-order chi connectivity index (χ1) is 13.6. The summed E-state index contributed by atoms with van der Waals surface area (Å²) in [6.45, 7) is 1.86. The third-order valence-electron chi connectivity index (χ3n) is 5.11. The Kier molecular flexibility index (Phi) is 5.34. The number of H-pyrrole nitrogens is 1. The van der Waals surface area contributed by atoms with E-state index in [2.05, 4.69) is 55.1 Å². The van der Waals surface area contributed by atoms with Gasteiger partial charge in [0.25, 0.3) is 0 Å². The Morgan fingerprint density at radius 1 is 1.25 bits per heavy atom. The second-order valence-electron chi connectivity index (χ2n) is 7.04. The van der Waals surface area contributed by atoms with Crippen LogP contribution in [0, 0.1) is 0 Å². The number of amides is 2. The fraction of sp³-hybridized carbons (Fsp3) is 0.238. The number of urea groups is 1. The number of halogens is 1. The van der Waals surface area contributed by atoms with Crippen molar-refractivity contribution >= 4 is 27.6 Å². The van der Waals surface area contributed by atoms with E-state index in [1.165, 1.54) is 5.56 Å². The number of rotatable bonds is 4. The smallest absolute Gasteiger partial charge is 0.315 e. The van der Waals surface area contributed by atoms with E-state index in [1.54, 1.807) is 11.2 Å². The lowest BCUT2D eigenvalue weighted by molar-refractivity contribution is 0.182. The van der Waals surface area contributed by atoms with Gasteiger partial charge in [-0.1, -0.05) is 46.3 Å². The molecule has 0 saturated heterocycles. The van der Waals surface area contributed by atoms with Gasteiger partial charge >= 0.3 is 6.03 Å². The molecule has 0 saturated carbocycles. The molecule has 3 N–H and O–H groups in total. The van der Waals surface area contributed by atoms with Crippen molar-refractivity contribution < 1.29 is 4.79 Å². The van der Waals surface area contributed by atoms with Gasteiger partial charge in [-0.3, -0.25) is 0 Å². The highest BCUT2D eigenvalue weighted by molar-refractivity contribution is 9.10. The van der Waals surface area contributed by atoms with Crippen molar-refractivity contribution in [3.8, 4) is 0 Å². The summed E-state index contributed by atoms with van der Waals surface area (Å²) in [7, 11) is 0. The Balaban J connectivity index is 1.71. The van der Waals surface area contributed by atoms with Crippen molar-refractivity contribution in [2.45, 2.75) is 25.6 Å². The van der Waals surface area contributed by atoms with Crippen LogP contribution in [0.4, 0.5) is 10.5 Å². The van der Waals surface area contributed by atoms with E-state index in [0.29, 0.717) is 19.6 Å². The van der Waals surface area contributed by atoms with Crippen LogP contribution in [0.15, 0.2) is 65.5 Å². The van der Waals surface area contributed by atoms with Crippen molar-refractivity contribution in [3.63, 3.8) is 0 Å². The number of nitrogens with one attached hydrogen (secondary N) is 1. The lowest BCUT2D eigenvalue weighted by Gasteiger charge is -2.31. The molecular formula is C21H22BrN5O. The second kappa shape index (κ2) is 8.06. The van der Waals surface area contributed by atoms with Crippen LogP contribution < -0.4 is 10.6 Å². The number of carbonyl (C=O) groups is 1. The zero-order valence-corrected chi connectivity index (χ0v) is 17.0. The SMILES string of the molecule is NC(=O)N1Cc2cc(Br)ccc2N(Cc2cnc[nH]2)CC1Cc1ccccc1. The van der Waals surface area contributed by atoms with E-state index in [1.807, 2.05) is 30.5 Å². The molecule has 1 atom stereocenters. The molecule has 2 amide bonds. The van der Waals surface area contributed by atoms with Crippen LogP contribution in [0.5, 0.6) is 0 Å². The van der Waals surface area contributed by atoms with Gasteiger partial charge in [-0.25, -0.2) is 9.78 Å². The minimum atomic E-state index is -0.393. The lowest BCUT2D eigenvalue weighted by Crippen LogP contribution is -2.47. The Morgan fingerprint density at radius 2 is 2.07 bits per heavy atom. The number of nitrogens with two attached hydrogens (primary N) is 1. The maximum Gasteiger partial charge on any atom is 0.315 e. The van der Waals surface area contributed by atoms with Crippen molar-refractivity contribution in [2.24, 2.45) is 5.73 Å². The van der Waals surface area contributed by atoms with Crippen molar-refractivity contribution in [2.75, 3.05) is 11.4 Å². The third kappa shape index (κ3) is 4.04. The summed E-state index contributed by atoms with van der Waals surface area (Å²) in [6.07, 6.45) is 4.27. The van der Waals surface area contributed by atoms with Gasteiger partial charge in [-0.15, -0.1) is 0 Å². The molecule has 0 spiro atoms. The zero-order valence-electron chi connectivity index (χ0n) is 15.4. The average Bonchev–Trinajstić information content (AvgIpc) is 3.14. The number of nitrogens with zero attached hydrogens (tertiary/aromatic N) is 3. The molecule has 0 bridgehead atoms. The summed E-state index contributed by atoms with van der Waals surface area (Å²) in [5, 5.41) is 0. The number of benzene rings is 2. The summed E-state index contributed by atoms with van der Waals surface area (Å²) in [6, 6.07) is 16.0. The molecule has 0 aliphatic carbocycles. The summed E-state index contributed by atoms with van der Waals surface area (Å²) in [5.41, 5.74) is 10.2. The molecule has 1 aromatic heterocycles. The van der Waals surface area contributed by atoms with Crippen molar-refractivity contribution in [3.05, 3.63) is 82.3 Å². The first-order valence-electron chi connectivity index (χ1n) is 9.21. The number of aromatic nitrogens is 2. The van der Waals surface area contributed by atoms with Crippen molar-refractivity contribution in [1.82, 2.24) is 14.9 Å². The van der Waals surface area contributed by atoms with E-state index < -0.39 is 6.03 Å². The zero-order chi connectivity index (χ0) is 19.5. The first-order valence-corrected chi connectivity index (χ1v) is 10.00. The Labute approximate surface area is 172 Å². The molecule has 6 nitrogen and oxygen atoms in total. The third-order valence-corrected chi connectivity index (χ3v) is 5.60. The summed E-state index contributed by atoms with van der Waals surface area (Å²) < 4.78 is 0.985. The molecule has 1 aliphatic heterocycles. The molecule has 0 radical (unpaired) electrons. The molecule has 2 aromatic carbocycles. The predicted molar refractivity (Wildman–Crippen MR) is 113 cm³/mol. The molecular weight excluding hydrogens is 418 g/mol. The molecule has 144 valence electrons. The van der Waals surface area contributed by atoms with Gasteiger partial charge in [0.15, 0.2) is 0 Å². The topological polar surface area (TPSA) is 78.2 Å². The van der Waals surface area contributed by atoms with Crippen molar-refractivity contribution in [1.29, 1.82) is 0 Å². The standard InChI is InChI=1S/C21H22BrN5O/c22-17-6-7-20-16(9-17)11-27(21(23)28)19(8-15-4-2-1-3-5-15)13-26(20)12-18-10-24-14-25-18/h1-7,9-10,14,19H,8,11-13H2,(H2,23,28)(H,24,25). The minimum absolute atomic E-state index is 0.0333. The number of anilines is 1. The minimum Gasteiger partial charge on any atom is -0.363 e. The average molecular weight is 440 g/mol. The van der Waals surface area contributed by atoms with Gasteiger partial charge in [-0.2, -0.15) is 0 Å². The van der Waals surface area contributed by atoms with Crippen LogP contribution in [0.2, 0.25) is 0 Å². The van der Waals surface area contributed by atoms with Crippen LogP contribution in [0.1, 0.15) is 16.8 Å². The van der Waals surface area contributed by atoms with Gasteiger partial charge in [0.05, 0.1) is 24.6 Å². The number of primary amides is 1. The van der Waals surface area contributed by atoms with E-state index in [9.17, 15) is 4.79 Å². The highest BCUT2D eigenvalue weighted by atomic mass is 79.9. The van der Waals surface area contributed by atoms with Gasteiger partial charge in [-0.05, 0) is 35.7 Å². The highest BCUT2D eigenvalue weighted by Crippen LogP contribution is 2.31. The second-order valence-corrected chi connectivity index (χ2v) is 7.96. The molecule has 2 heterocycles. The largest absolute Gasteiger partial charge is 0.363 e.